The Morgan fingerprint density at radius 3 is 1.27 bits per heavy atom. The van der Waals surface area contributed by atoms with E-state index < -0.39 is 0 Å². The summed E-state index contributed by atoms with van der Waals surface area (Å²) in [6.07, 6.45) is 0. The van der Waals surface area contributed by atoms with Gasteiger partial charge in [-0.25, -0.2) is 19.9 Å². The van der Waals surface area contributed by atoms with Crippen molar-refractivity contribution in [1.82, 2.24) is 37.9 Å². The quantitative estimate of drug-likeness (QED) is 0.166. The van der Waals surface area contributed by atoms with Gasteiger partial charge in [0.15, 0.2) is 11.6 Å². The third-order valence-corrected chi connectivity index (χ3v) is 22.3. The monoisotopic (exact) mass is 1290 g/mol. The lowest BCUT2D eigenvalue weighted by molar-refractivity contribution is 1.08. The summed E-state index contributed by atoms with van der Waals surface area (Å²) in [5.41, 5.74) is 19.9. The van der Waals surface area contributed by atoms with E-state index in [-0.39, 0.29) is 0 Å². The second kappa shape index (κ2) is 19.9. The van der Waals surface area contributed by atoms with Crippen LogP contribution in [0.4, 0.5) is 0 Å². The van der Waals surface area contributed by atoms with Crippen molar-refractivity contribution in [3.63, 3.8) is 0 Å². The van der Waals surface area contributed by atoms with E-state index in [0.717, 1.165) is 111 Å². The van der Waals surface area contributed by atoms with Gasteiger partial charge in [0.05, 0.1) is 66.2 Å². The van der Waals surface area contributed by atoms with E-state index in [4.69, 9.17) is 19.9 Å². The van der Waals surface area contributed by atoms with Crippen molar-refractivity contribution in [1.29, 1.82) is 0 Å². The van der Waals surface area contributed by atoms with Crippen molar-refractivity contribution >= 4 is 174 Å². The first-order chi connectivity index (χ1) is 50.6. The predicted octanol–water partition coefficient (Wildman–Crippen LogP) is 24.2. The van der Waals surface area contributed by atoms with Crippen LogP contribution in [0.15, 0.2) is 315 Å². The molecule has 0 aliphatic heterocycles. The van der Waals surface area contributed by atoms with Crippen LogP contribution in [0.3, 0.4) is 0 Å². The minimum atomic E-state index is 0.672. The Hall–Kier alpha value is -13.8. The van der Waals surface area contributed by atoms with Crippen LogP contribution in [0.1, 0.15) is 0 Å². The molecule has 102 heavy (non-hydrogen) atoms. The van der Waals surface area contributed by atoms with Crippen LogP contribution in [-0.2, 0) is 0 Å². The first-order valence-corrected chi connectivity index (χ1v) is 34.9. The van der Waals surface area contributed by atoms with Crippen LogP contribution in [0, 0.1) is 0 Å². The number of benzene rings is 16. The van der Waals surface area contributed by atoms with E-state index in [2.05, 4.69) is 333 Å². The smallest absolute Gasteiger partial charge is 0.162 e. The number of hydrogen-bond donors (Lipinski definition) is 0. The number of hydrogen-bond acceptors (Lipinski definition) is 4. The van der Waals surface area contributed by atoms with Gasteiger partial charge in [-0.3, -0.25) is 9.13 Å². The number of aromatic nitrogens is 8. The van der Waals surface area contributed by atoms with Gasteiger partial charge >= 0.3 is 0 Å². The zero-order valence-corrected chi connectivity index (χ0v) is 54.6. The van der Waals surface area contributed by atoms with Gasteiger partial charge in [0.25, 0.3) is 0 Å². The van der Waals surface area contributed by atoms with Crippen LogP contribution in [0.25, 0.3) is 231 Å². The van der Waals surface area contributed by atoms with Crippen molar-refractivity contribution < 1.29 is 0 Å². The normalized spacial score (nSPS) is 12.5. The molecule has 16 aromatic carbocycles. The number of para-hydroxylation sites is 5. The number of fused-ring (bicyclic) bond motifs is 27. The summed E-state index contributed by atoms with van der Waals surface area (Å²) in [6.45, 7) is 0. The molecule has 0 fully saturated rings. The van der Waals surface area contributed by atoms with Crippen molar-refractivity contribution in [2.45, 2.75) is 0 Å². The summed E-state index contributed by atoms with van der Waals surface area (Å²) in [7, 11) is 0. The standard InChI is InChI=1S/C94H52N8/c1-2-20-53(21-3-1)56-24-18-26-60(49-56)91-95-75-35-13-8-29-67(75)93(97-91)99-78-38-16-11-32-70(78)84-82(99)52-73-65-46-41-55-23-5-7-28-63(55)88(65)102-80-47-43-58(50-74(80)86(84)90(73)102)57-42-44-61-59(48-57)25-19-34-66(61)92-96-76-36-14-9-30-68(76)94(98-92)100-77-37-15-10-31-69(77)83-81(100)51-72-64-45-40-54-22-4-6-27-62(54)87(64)101-79-39-17-12-33-71(79)85(83)89(72)101/h1-52H. The Balaban J connectivity index is 0.712. The SMILES string of the molecule is c1ccc(-c2cccc(-c3nc(-n4c5ccccc5c5c6c7cc(-c8ccc9c(-c%10nc(-n%11c%12ccccc%12c%12c%13c%14ccccc%14n%14c%15c%16ccccc%16ccc%15c(cc%12%11)c%13%14)c%11ccccc%11n%10)cccc9c8)ccc7n7c8c9ccccc9ccc8c(cc54)c67)c4ccccc4n3)c2)cc1. The molecular weight excluding hydrogens is 1240 g/mol. The lowest BCUT2D eigenvalue weighted by Gasteiger charge is -2.14. The highest BCUT2D eigenvalue weighted by Gasteiger charge is 2.30. The summed E-state index contributed by atoms with van der Waals surface area (Å²) in [4.78, 5) is 22.2. The first-order valence-electron chi connectivity index (χ1n) is 34.9. The lowest BCUT2D eigenvalue weighted by atomic mass is 9.96. The highest BCUT2D eigenvalue weighted by molar-refractivity contribution is 6.39. The van der Waals surface area contributed by atoms with Crippen molar-refractivity contribution in [2.75, 3.05) is 0 Å². The van der Waals surface area contributed by atoms with Gasteiger partial charge in [0.2, 0.25) is 0 Å². The van der Waals surface area contributed by atoms with E-state index in [1.54, 1.807) is 0 Å². The third kappa shape index (κ3) is 7.18. The highest BCUT2D eigenvalue weighted by Crippen LogP contribution is 2.52. The molecule has 0 radical (unpaired) electrons. The predicted molar refractivity (Wildman–Crippen MR) is 425 cm³/mol. The summed E-state index contributed by atoms with van der Waals surface area (Å²) in [5, 5.41) is 23.6. The van der Waals surface area contributed by atoms with Gasteiger partial charge in [-0.2, -0.15) is 0 Å². The highest BCUT2D eigenvalue weighted by atomic mass is 15.1. The molecule has 0 aliphatic carbocycles. The molecule has 0 saturated heterocycles. The second-order valence-electron chi connectivity index (χ2n) is 27.5. The molecular formula is C94H52N8. The first kappa shape index (κ1) is 54.2. The minimum Gasteiger partial charge on any atom is -0.307 e. The minimum absolute atomic E-state index is 0.672. The zero-order valence-electron chi connectivity index (χ0n) is 54.6. The molecule has 8 aromatic heterocycles. The van der Waals surface area contributed by atoms with Crippen molar-refractivity contribution in [3.8, 4) is 56.7 Å². The molecule has 8 heteroatoms. The maximum atomic E-state index is 5.79. The Labute approximate surface area is 580 Å². The maximum Gasteiger partial charge on any atom is 0.162 e. The molecule has 468 valence electrons. The number of rotatable bonds is 6. The van der Waals surface area contributed by atoms with E-state index in [1.807, 2.05) is 0 Å². The van der Waals surface area contributed by atoms with E-state index in [0.29, 0.717) is 11.6 Å². The van der Waals surface area contributed by atoms with Gasteiger partial charge in [-0.05, 0) is 123 Å². The lowest BCUT2D eigenvalue weighted by Crippen LogP contribution is -2.03. The van der Waals surface area contributed by atoms with Gasteiger partial charge < -0.3 is 8.80 Å². The summed E-state index contributed by atoms with van der Waals surface area (Å²) in [5.74, 6) is 3.03. The fourth-order valence-electron chi connectivity index (χ4n) is 18.1. The molecule has 0 spiro atoms. The van der Waals surface area contributed by atoms with Crippen molar-refractivity contribution in [2.24, 2.45) is 0 Å². The Kier molecular flexibility index (Phi) is 10.6. The van der Waals surface area contributed by atoms with E-state index in [1.165, 1.54) is 108 Å². The van der Waals surface area contributed by atoms with Gasteiger partial charge in [0, 0.05) is 97.3 Å². The van der Waals surface area contributed by atoms with Crippen LogP contribution in [0.2, 0.25) is 0 Å². The summed E-state index contributed by atoms with van der Waals surface area (Å²) in [6, 6.07) is 115. The molecule has 0 atom stereocenters. The van der Waals surface area contributed by atoms with Gasteiger partial charge in [-0.15, -0.1) is 0 Å². The zero-order chi connectivity index (χ0) is 66.2. The summed E-state index contributed by atoms with van der Waals surface area (Å²) < 4.78 is 9.93. The average Bonchev–Trinajstić information content (AvgIpc) is 1.51. The Morgan fingerprint density at radius 2 is 0.637 bits per heavy atom. The fraction of sp³-hybridized carbons (Fsp3) is 0. The number of nitrogens with zero attached hydrogens (tertiary/aromatic N) is 8. The molecule has 24 rings (SSSR count). The van der Waals surface area contributed by atoms with Crippen LogP contribution < -0.4 is 0 Å². The average molecular weight is 1290 g/mol. The maximum absolute atomic E-state index is 5.79. The molecule has 0 amide bonds. The fourth-order valence-corrected chi connectivity index (χ4v) is 18.1. The molecule has 8 nitrogen and oxygen atoms in total. The Morgan fingerprint density at radius 1 is 0.196 bits per heavy atom. The molecule has 8 heterocycles. The largest absolute Gasteiger partial charge is 0.307 e. The van der Waals surface area contributed by atoms with E-state index >= 15 is 0 Å². The molecule has 0 saturated carbocycles. The van der Waals surface area contributed by atoms with Crippen LogP contribution in [-0.4, -0.2) is 37.9 Å². The molecule has 0 N–H and O–H groups in total. The van der Waals surface area contributed by atoms with E-state index in [9.17, 15) is 0 Å². The molecule has 24 aromatic rings. The third-order valence-electron chi connectivity index (χ3n) is 22.3. The van der Waals surface area contributed by atoms with Crippen molar-refractivity contribution in [3.05, 3.63) is 315 Å². The second-order valence-corrected chi connectivity index (χ2v) is 27.5. The molecule has 0 aliphatic rings. The van der Waals surface area contributed by atoms with Gasteiger partial charge in [-0.1, -0.05) is 237 Å². The van der Waals surface area contributed by atoms with Gasteiger partial charge in [0.1, 0.15) is 11.6 Å². The Bertz CT molecular complexity index is 7820. The molecule has 0 bridgehead atoms. The molecule has 0 unspecified atom stereocenters. The van der Waals surface area contributed by atoms with Crippen LogP contribution in [0.5, 0.6) is 0 Å². The van der Waals surface area contributed by atoms with Crippen LogP contribution >= 0.6 is 0 Å². The summed E-state index contributed by atoms with van der Waals surface area (Å²) >= 11 is 0. The topological polar surface area (TPSA) is 70.2 Å².